The Morgan fingerprint density at radius 2 is 2.16 bits per heavy atom. The second kappa shape index (κ2) is 7.16. The lowest BCUT2D eigenvalue weighted by Crippen LogP contribution is -2.62. The molecule has 1 amide bonds. The molecule has 9 nitrogen and oxygen atoms in total. The molecule has 1 fully saturated rings. The first kappa shape index (κ1) is 17.3. The summed E-state index contributed by atoms with van der Waals surface area (Å²) in [5.41, 5.74) is 5.80. The number of phenols is 1. The molecule has 1 atom stereocenters. The SMILES string of the molecule is Nc1cccc(C(=O)N2CCN(C3=NCCCN3)CC2C(O)O)c1O. The number of anilines is 1. The number of nitrogen functional groups attached to an aromatic ring is 1. The Labute approximate surface area is 145 Å². The van der Waals surface area contributed by atoms with Crippen molar-refractivity contribution < 1.29 is 20.1 Å². The van der Waals surface area contributed by atoms with Gasteiger partial charge in [0.1, 0.15) is 6.04 Å². The first-order valence-electron chi connectivity index (χ1n) is 8.27. The van der Waals surface area contributed by atoms with Crippen molar-refractivity contribution >= 4 is 17.6 Å². The van der Waals surface area contributed by atoms with Gasteiger partial charge in [0.2, 0.25) is 0 Å². The molecule has 0 bridgehead atoms. The van der Waals surface area contributed by atoms with Gasteiger partial charge in [0.05, 0.1) is 11.3 Å². The summed E-state index contributed by atoms with van der Waals surface area (Å²) in [6.07, 6.45) is -0.748. The Hall–Kier alpha value is -2.52. The van der Waals surface area contributed by atoms with Gasteiger partial charge in [-0.1, -0.05) is 6.07 Å². The van der Waals surface area contributed by atoms with Crippen molar-refractivity contribution in [2.45, 2.75) is 18.8 Å². The van der Waals surface area contributed by atoms with E-state index in [-0.39, 0.29) is 30.1 Å². The maximum absolute atomic E-state index is 12.8. The van der Waals surface area contributed by atoms with Crippen LogP contribution in [0.25, 0.3) is 0 Å². The monoisotopic (exact) mass is 349 g/mol. The van der Waals surface area contributed by atoms with Gasteiger partial charge in [-0.05, 0) is 18.6 Å². The van der Waals surface area contributed by atoms with Crippen molar-refractivity contribution in [3.8, 4) is 5.75 Å². The molecule has 0 spiro atoms. The molecule has 1 aromatic carbocycles. The van der Waals surface area contributed by atoms with E-state index < -0.39 is 18.2 Å². The zero-order valence-electron chi connectivity index (χ0n) is 13.8. The highest BCUT2D eigenvalue weighted by molar-refractivity contribution is 5.98. The second-order valence-electron chi connectivity index (χ2n) is 6.15. The Kier molecular flexibility index (Phi) is 4.95. The van der Waals surface area contributed by atoms with Gasteiger partial charge < -0.3 is 36.2 Å². The maximum Gasteiger partial charge on any atom is 0.258 e. The van der Waals surface area contributed by atoms with Crippen molar-refractivity contribution in [2.75, 3.05) is 38.5 Å². The summed E-state index contributed by atoms with van der Waals surface area (Å²) in [6.45, 7) is 2.56. The summed E-state index contributed by atoms with van der Waals surface area (Å²) in [5, 5.41) is 32.8. The summed E-state index contributed by atoms with van der Waals surface area (Å²) in [6, 6.07) is 3.70. The summed E-state index contributed by atoms with van der Waals surface area (Å²) >= 11 is 0. The molecule has 2 aliphatic heterocycles. The van der Waals surface area contributed by atoms with Gasteiger partial charge in [-0.2, -0.15) is 0 Å². The average Bonchev–Trinajstić information content (AvgIpc) is 2.63. The highest BCUT2D eigenvalue weighted by Gasteiger charge is 2.37. The molecule has 2 aliphatic rings. The fraction of sp³-hybridized carbons (Fsp3) is 0.500. The van der Waals surface area contributed by atoms with Crippen LogP contribution in [-0.4, -0.2) is 82.0 Å². The number of guanidine groups is 1. The van der Waals surface area contributed by atoms with Crippen LogP contribution in [0, 0.1) is 0 Å². The predicted molar refractivity (Wildman–Crippen MR) is 92.1 cm³/mol. The number of piperazine rings is 1. The molecule has 6 N–H and O–H groups in total. The number of hydrogen-bond acceptors (Lipinski definition) is 8. The molecule has 0 radical (unpaired) electrons. The molecular formula is C16H23N5O4. The zero-order chi connectivity index (χ0) is 18.0. The van der Waals surface area contributed by atoms with E-state index in [2.05, 4.69) is 10.3 Å². The number of amides is 1. The van der Waals surface area contributed by atoms with Crippen LogP contribution >= 0.6 is 0 Å². The minimum Gasteiger partial charge on any atom is -0.505 e. The lowest BCUT2D eigenvalue weighted by atomic mass is 10.1. The highest BCUT2D eigenvalue weighted by atomic mass is 16.5. The van der Waals surface area contributed by atoms with Gasteiger partial charge >= 0.3 is 0 Å². The Morgan fingerprint density at radius 3 is 2.84 bits per heavy atom. The van der Waals surface area contributed by atoms with Gasteiger partial charge in [-0.15, -0.1) is 0 Å². The number of nitrogens with two attached hydrogens (primary N) is 1. The molecule has 0 saturated carbocycles. The van der Waals surface area contributed by atoms with Crippen molar-refractivity contribution in [1.82, 2.24) is 15.1 Å². The molecule has 25 heavy (non-hydrogen) atoms. The number of para-hydroxylation sites is 1. The molecule has 0 aromatic heterocycles. The number of benzene rings is 1. The van der Waals surface area contributed by atoms with Gasteiger partial charge in [0.25, 0.3) is 5.91 Å². The van der Waals surface area contributed by atoms with Gasteiger partial charge in [0.15, 0.2) is 18.0 Å². The first-order valence-corrected chi connectivity index (χ1v) is 8.27. The number of aromatic hydroxyl groups is 1. The topological polar surface area (TPSA) is 135 Å². The number of hydrogen-bond donors (Lipinski definition) is 5. The fourth-order valence-corrected chi connectivity index (χ4v) is 3.13. The number of carbonyl (C=O) groups is 1. The quantitative estimate of drug-likeness (QED) is 0.256. The number of aliphatic hydroxyl groups excluding tert-OH is 1. The van der Waals surface area contributed by atoms with Crippen LogP contribution in [0.15, 0.2) is 23.2 Å². The number of phenolic OH excluding ortho intramolecular Hbond substituents is 1. The van der Waals surface area contributed by atoms with Crippen LogP contribution in [-0.2, 0) is 0 Å². The molecule has 1 aromatic rings. The van der Waals surface area contributed by atoms with Crippen molar-refractivity contribution in [3.63, 3.8) is 0 Å². The molecular weight excluding hydrogens is 326 g/mol. The number of rotatable bonds is 2. The smallest absolute Gasteiger partial charge is 0.258 e. The summed E-state index contributed by atoms with van der Waals surface area (Å²) < 4.78 is 0. The number of aliphatic hydroxyl groups is 2. The van der Waals surface area contributed by atoms with Crippen LogP contribution in [0.3, 0.4) is 0 Å². The first-order chi connectivity index (χ1) is 12.0. The van der Waals surface area contributed by atoms with E-state index in [4.69, 9.17) is 5.73 Å². The number of nitrogens with one attached hydrogen (secondary N) is 1. The normalized spacial score (nSPS) is 21.1. The van der Waals surface area contributed by atoms with E-state index in [1.54, 1.807) is 6.07 Å². The molecule has 0 aliphatic carbocycles. The van der Waals surface area contributed by atoms with E-state index in [1.807, 2.05) is 4.90 Å². The van der Waals surface area contributed by atoms with E-state index in [0.717, 1.165) is 25.5 Å². The van der Waals surface area contributed by atoms with Crippen LogP contribution in [0.4, 0.5) is 5.69 Å². The fourth-order valence-electron chi connectivity index (χ4n) is 3.13. The number of carbonyl (C=O) groups excluding carboxylic acids is 1. The third kappa shape index (κ3) is 3.47. The molecule has 2 heterocycles. The minimum absolute atomic E-state index is 0.0484. The van der Waals surface area contributed by atoms with Crippen molar-refractivity contribution in [1.29, 1.82) is 0 Å². The lowest BCUT2D eigenvalue weighted by molar-refractivity contribution is -0.105. The highest BCUT2D eigenvalue weighted by Crippen LogP contribution is 2.27. The molecule has 136 valence electrons. The molecule has 9 heteroatoms. The van der Waals surface area contributed by atoms with Gasteiger partial charge in [-0.3, -0.25) is 9.79 Å². The van der Waals surface area contributed by atoms with Crippen molar-refractivity contribution in [2.24, 2.45) is 4.99 Å². The largest absolute Gasteiger partial charge is 0.505 e. The Bertz CT molecular complexity index is 678. The number of aliphatic imine (C=N–C) groups is 1. The second-order valence-corrected chi connectivity index (χ2v) is 6.15. The minimum atomic E-state index is -1.71. The molecule has 3 rings (SSSR count). The van der Waals surface area contributed by atoms with Gasteiger partial charge in [0, 0.05) is 32.7 Å². The van der Waals surface area contributed by atoms with E-state index in [1.165, 1.54) is 17.0 Å². The average molecular weight is 349 g/mol. The summed E-state index contributed by atoms with van der Waals surface area (Å²) in [5.74, 6) is -0.0590. The third-order valence-electron chi connectivity index (χ3n) is 4.50. The van der Waals surface area contributed by atoms with Crippen LogP contribution < -0.4 is 11.1 Å². The predicted octanol–water partition coefficient (Wildman–Crippen LogP) is -1.24. The maximum atomic E-state index is 12.8. The molecule has 1 saturated heterocycles. The van der Waals surface area contributed by atoms with E-state index in [9.17, 15) is 20.1 Å². The zero-order valence-corrected chi connectivity index (χ0v) is 13.8. The Balaban J connectivity index is 1.80. The van der Waals surface area contributed by atoms with Crippen LogP contribution in [0.1, 0.15) is 16.8 Å². The van der Waals surface area contributed by atoms with Gasteiger partial charge in [-0.25, -0.2) is 0 Å². The van der Waals surface area contributed by atoms with Crippen LogP contribution in [0.2, 0.25) is 0 Å². The third-order valence-corrected chi connectivity index (χ3v) is 4.50. The summed E-state index contributed by atoms with van der Waals surface area (Å²) in [7, 11) is 0. The van der Waals surface area contributed by atoms with Crippen LogP contribution in [0.5, 0.6) is 5.75 Å². The van der Waals surface area contributed by atoms with Crippen molar-refractivity contribution in [3.05, 3.63) is 23.8 Å². The Morgan fingerprint density at radius 1 is 1.36 bits per heavy atom. The standard InChI is InChI=1S/C16H23N5O4/c17-11-4-1-3-10(13(11)22)14(23)21-8-7-20(9-12(21)15(24)25)16-18-5-2-6-19-16/h1,3-4,12,15,22,24-25H,2,5-9,17H2,(H,18,19). The molecule has 1 unspecified atom stereocenters. The number of nitrogens with zero attached hydrogens (tertiary/aromatic N) is 3. The van der Waals surface area contributed by atoms with E-state index in [0.29, 0.717) is 6.54 Å². The summed E-state index contributed by atoms with van der Waals surface area (Å²) in [4.78, 5) is 20.5. The lowest BCUT2D eigenvalue weighted by Gasteiger charge is -2.43. The van der Waals surface area contributed by atoms with E-state index >= 15 is 0 Å².